The first-order valence-electron chi connectivity index (χ1n) is 10.9. The Kier molecular flexibility index (Phi) is 17.3. The fourth-order valence-electron chi connectivity index (χ4n) is 2.75. The Bertz CT molecular complexity index is 529. The Morgan fingerprint density at radius 3 is 2.11 bits per heavy atom. The van der Waals surface area contributed by atoms with Crippen molar-refractivity contribution < 1.29 is 9.90 Å². The number of allylic oxidation sites excluding steroid dienone is 9. The third-order valence-electron chi connectivity index (χ3n) is 4.49. The third kappa shape index (κ3) is 16.3. The molecule has 0 bridgehead atoms. The minimum Gasteiger partial charge on any atom is -0.388 e. The zero-order valence-corrected chi connectivity index (χ0v) is 18.2. The molecular formula is C25H41NO2. The summed E-state index contributed by atoms with van der Waals surface area (Å²) >= 11 is 0. The summed E-state index contributed by atoms with van der Waals surface area (Å²) in [5.41, 5.74) is -0.783. The lowest BCUT2D eigenvalue weighted by atomic mass is 9.90. The summed E-state index contributed by atoms with van der Waals surface area (Å²) in [6.45, 7) is 6.60. The summed E-state index contributed by atoms with van der Waals surface area (Å²) in [7, 11) is 0. The molecule has 3 heteroatoms. The van der Waals surface area contributed by atoms with Gasteiger partial charge < -0.3 is 10.4 Å². The van der Waals surface area contributed by atoms with E-state index in [9.17, 15) is 9.90 Å². The second kappa shape index (κ2) is 18.5. The summed E-state index contributed by atoms with van der Waals surface area (Å²) in [5.74, 6) is -0.159. The van der Waals surface area contributed by atoms with Crippen molar-refractivity contribution in [2.45, 2.75) is 84.2 Å². The number of nitrogens with one attached hydrogen (secondary N) is 1. The zero-order valence-electron chi connectivity index (χ0n) is 18.2. The maximum atomic E-state index is 12.0. The van der Waals surface area contributed by atoms with Gasteiger partial charge in [-0.25, -0.2) is 0 Å². The van der Waals surface area contributed by atoms with Crippen LogP contribution in [0.25, 0.3) is 0 Å². The van der Waals surface area contributed by atoms with Crippen LogP contribution in [-0.2, 0) is 4.79 Å². The smallest absolute Gasteiger partial charge is 0.244 e. The SMILES string of the molecule is CC=CC=CCCC=CC=CC=CC(=O)NCC(O)(CCCC)CCCCC. The van der Waals surface area contributed by atoms with Crippen molar-refractivity contribution in [3.8, 4) is 0 Å². The molecular weight excluding hydrogens is 346 g/mol. The molecule has 28 heavy (non-hydrogen) atoms. The van der Waals surface area contributed by atoms with Crippen LogP contribution in [0, 0.1) is 0 Å². The van der Waals surface area contributed by atoms with Crippen LogP contribution in [-0.4, -0.2) is 23.2 Å². The molecule has 0 aliphatic heterocycles. The molecule has 0 saturated heterocycles. The Morgan fingerprint density at radius 1 is 0.857 bits per heavy atom. The summed E-state index contributed by atoms with van der Waals surface area (Å²) in [5, 5.41) is 13.7. The Hall–Kier alpha value is -1.87. The summed E-state index contributed by atoms with van der Waals surface area (Å²) in [6.07, 6.45) is 28.1. The standard InChI is InChI=1S/C25H41NO2/c1-4-7-10-11-12-13-14-15-16-17-18-20-24(27)26-23-25(28,21-9-6-3)22-19-8-5-2/h4,7,10-11,14-18,20,28H,5-6,8-9,12-13,19,21-23H2,1-3H3,(H,26,27). The van der Waals surface area contributed by atoms with Gasteiger partial charge >= 0.3 is 0 Å². The van der Waals surface area contributed by atoms with Gasteiger partial charge in [0.2, 0.25) is 5.91 Å². The fourth-order valence-corrected chi connectivity index (χ4v) is 2.75. The number of carbonyl (C=O) groups excluding carboxylic acids is 1. The van der Waals surface area contributed by atoms with Gasteiger partial charge in [-0.15, -0.1) is 0 Å². The second-order valence-electron chi connectivity index (χ2n) is 7.21. The summed E-state index contributed by atoms with van der Waals surface area (Å²) < 4.78 is 0. The topological polar surface area (TPSA) is 49.3 Å². The highest BCUT2D eigenvalue weighted by Gasteiger charge is 2.25. The highest BCUT2D eigenvalue weighted by molar-refractivity contribution is 5.87. The van der Waals surface area contributed by atoms with Crippen molar-refractivity contribution in [2.24, 2.45) is 0 Å². The van der Waals surface area contributed by atoms with E-state index in [0.29, 0.717) is 6.54 Å². The fraction of sp³-hybridized carbons (Fsp3) is 0.560. The van der Waals surface area contributed by atoms with E-state index in [1.165, 1.54) is 6.08 Å². The van der Waals surface area contributed by atoms with Gasteiger partial charge in [0, 0.05) is 12.6 Å². The highest BCUT2D eigenvalue weighted by Crippen LogP contribution is 2.21. The normalized spacial score (nSPS) is 14.9. The molecule has 0 heterocycles. The van der Waals surface area contributed by atoms with Gasteiger partial charge in [0.1, 0.15) is 0 Å². The predicted molar refractivity (Wildman–Crippen MR) is 122 cm³/mol. The third-order valence-corrected chi connectivity index (χ3v) is 4.49. The number of amides is 1. The minimum absolute atomic E-state index is 0.159. The van der Waals surface area contributed by atoms with Gasteiger partial charge in [0.25, 0.3) is 0 Å². The van der Waals surface area contributed by atoms with Gasteiger partial charge in [-0.3, -0.25) is 4.79 Å². The average molecular weight is 388 g/mol. The van der Waals surface area contributed by atoms with E-state index in [1.807, 2.05) is 37.3 Å². The van der Waals surface area contributed by atoms with E-state index >= 15 is 0 Å². The molecule has 0 fully saturated rings. The van der Waals surface area contributed by atoms with Gasteiger partial charge in [-0.2, -0.15) is 0 Å². The molecule has 2 N–H and O–H groups in total. The first-order chi connectivity index (χ1) is 13.6. The van der Waals surface area contributed by atoms with Crippen LogP contribution in [0.4, 0.5) is 0 Å². The molecule has 158 valence electrons. The quantitative estimate of drug-likeness (QED) is 0.189. The zero-order chi connectivity index (χ0) is 20.9. The van der Waals surface area contributed by atoms with Crippen LogP contribution < -0.4 is 5.32 Å². The molecule has 0 aromatic carbocycles. The monoisotopic (exact) mass is 387 g/mol. The first-order valence-corrected chi connectivity index (χ1v) is 10.9. The van der Waals surface area contributed by atoms with Crippen molar-refractivity contribution in [1.82, 2.24) is 5.32 Å². The number of carbonyl (C=O) groups is 1. The van der Waals surface area contributed by atoms with Crippen LogP contribution in [0.15, 0.2) is 60.8 Å². The van der Waals surface area contributed by atoms with E-state index in [1.54, 1.807) is 6.08 Å². The van der Waals surface area contributed by atoms with Crippen LogP contribution in [0.5, 0.6) is 0 Å². The molecule has 0 rings (SSSR count). The predicted octanol–water partition coefficient (Wildman–Crippen LogP) is 6.19. The van der Waals surface area contributed by atoms with Crippen LogP contribution in [0.3, 0.4) is 0 Å². The molecule has 1 amide bonds. The molecule has 0 aliphatic carbocycles. The van der Waals surface area contributed by atoms with Crippen molar-refractivity contribution >= 4 is 5.91 Å². The second-order valence-corrected chi connectivity index (χ2v) is 7.21. The molecule has 1 unspecified atom stereocenters. The van der Waals surface area contributed by atoms with Crippen LogP contribution in [0.1, 0.15) is 78.6 Å². The van der Waals surface area contributed by atoms with E-state index in [0.717, 1.165) is 57.8 Å². The molecule has 0 radical (unpaired) electrons. The molecule has 3 nitrogen and oxygen atoms in total. The molecule has 0 saturated carbocycles. The first kappa shape index (κ1) is 26.1. The number of rotatable bonds is 16. The Balaban J connectivity index is 4.20. The molecule has 0 aromatic heterocycles. The summed E-state index contributed by atoms with van der Waals surface area (Å²) in [4.78, 5) is 12.0. The van der Waals surface area contributed by atoms with E-state index in [-0.39, 0.29) is 5.91 Å². The van der Waals surface area contributed by atoms with Crippen molar-refractivity contribution in [3.05, 3.63) is 60.8 Å². The van der Waals surface area contributed by atoms with Crippen molar-refractivity contribution in [3.63, 3.8) is 0 Å². The lowest BCUT2D eigenvalue weighted by molar-refractivity contribution is -0.118. The van der Waals surface area contributed by atoms with E-state index < -0.39 is 5.60 Å². The Labute approximate surface area is 173 Å². The molecule has 1 atom stereocenters. The van der Waals surface area contributed by atoms with Crippen LogP contribution >= 0.6 is 0 Å². The minimum atomic E-state index is -0.783. The largest absolute Gasteiger partial charge is 0.388 e. The molecule has 0 aliphatic rings. The number of unbranched alkanes of at least 4 members (excludes halogenated alkanes) is 4. The molecule has 0 spiro atoms. The lowest BCUT2D eigenvalue weighted by Crippen LogP contribution is -2.42. The lowest BCUT2D eigenvalue weighted by Gasteiger charge is -2.28. The van der Waals surface area contributed by atoms with Crippen LogP contribution in [0.2, 0.25) is 0 Å². The van der Waals surface area contributed by atoms with Gasteiger partial charge in [0.05, 0.1) is 5.60 Å². The Morgan fingerprint density at radius 2 is 1.46 bits per heavy atom. The highest BCUT2D eigenvalue weighted by atomic mass is 16.3. The van der Waals surface area contributed by atoms with E-state index in [4.69, 9.17) is 0 Å². The van der Waals surface area contributed by atoms with E-state index in [2.05, 4.69) is 37.4 Å². The number of hydrogen-bond donors (Lipinski definition) is 2. The molecule has 0 aromatic rings. The van der Waals surface area contributed by atoms with Gasteiger partial charge in [0.15, 0.2) is 0 Å². The average Bonchev–Trinajstić information content (AvgIpc) is 2.69. The van der Waals surface area contributed by atoms with Gasteiger partial charge in [-0.05, 0) is 32.6 Å². The van der Waals surface area contributed by atoms with Crippen molar-refractivity contribution in [2.75, 3.05) is 6.54 Å². The maximum Gasteiger partial charge on any atom is 0.244 e. The number of hydrogen-bond acceptors (Lipinski definition) is 2. The van der Waals surface area contributed by atoms with Crippen molar-refractivity contribution in [1.29, 1.82) is 0 Å². The van der Waals surface area contributed by atoms with Gasteiger partial charge in [-0.1, -0.05) is 101 Å². The number of aliphatic hydroxyl groups is 1. The maximum absolute atomic E-state index is 12.0. The summed E-state index contributed by atoms with van der Waals surface area (Å²) in [6, 6.07) is 0.